The molecule has 114 valence electrons. The van der Waals surface area contributed by atoms with Gasteiger partial charge in [-0.2, -0.15) is 0 Å². The molecule has 4 heteroatoms. The Kier molecular flexibility index (Phi) is 8.07. The molecule has 0 saturated heterocycles. The molecule has 20 heavy (non-hydrogen) atoms. The number of hydrogen-bond acceptors (Lipinski definition) is 4. The Morgan fingerprint density at radius 3 is 2.70 bits per heavy atom. The van der Waals surface area contributed by atoms with Gasteiger partial charge in [-0.1, -0.05) is 19.9 Å². The van der Waals surface area contributed by atoms with E-state index >= 15 is 0 Å². The Morgan fingerprint density at radius 1 is 1.25 bits per heavy atom. The number of rotatable bonds is 10. The van der Waals surface area contributed by atoms with Crippen molar-refractivity contribution in [2.45, 2.75) is 33.2 Å². The molecule has 0 aliphatic heterocycles. The second-order valence-corrected chi connectivity index (χ2v) is 5.27. The van der Waals surface area contributed by atoms with Crippen molar-refractivity contribution < 1.29 is 14.6 Å². The highest BCUT2D eigenvalue weighted by molar-refractivity contribution is 5.42. The van der Waals surface area contributed by atoms with E-state index in [4.69, 9.17) is 14.6 Å². The molecule has 0 spiro atoms. The predicted molar refractivity (Wildman–Crippen MR) is 81.4 cm³/mol. The van der Waals surface area contributed by atoms with Gasteiger partial charge in [-0.15, -0.1) is 0 Å². The lowest BCUT2D eigenvalue weighted by Gasteiger charge is -2.13. The molecule has 0 fully saturated rings. The summed E-state index contributed by atoms with van der Waals surface area (Å²) in [6.07, 6.45) is 1.81. The third kappa shape index (κ3) is 6.26. The maximum Gasteiger partial charge on any atom is 0.161 e. The van der Waals surface area contributed by atoms with Crippen LogP contribution in [-0.4, -0.2) is 32.0 Å². The minimum Gasteiger partial charge on any atom is -0.493 e. The van der Waals surface area contributed by atoms with Gasteiger partial charge in [0.25, 0.3) is 0 Å². The molecule has 0 bridgehead atoms. The summed E-state index contributed by atoms with van der Waals surface area (Å²) in [6, 6.07) is 6.00. The van der Waals surface area contributed by atoms with E-state index in [2.05, 4.69) is 19.2 Å². The fourth-order valence-electron chi connectivity index (χ4n) is 1.78. The van der Waals surface area contributed by atoms with Gasteiger partial charge in [-0.3, -0.25) is 0 Å². The molecule has 0 saturated carbocycles. The van der Waals surface area contributed by atoms with Crippen LogP contribution < -0.4 is 14.8 Å². The third-order valence-corrected chi connectivity index (χ3v) is 3.02. The standard InChI is InChI=1S/C16H27NO3/c1-13(2)7-10-20-15-6-5-14(11-16(15)19-3)12-17-8-4-9-18/h5-6,11,13,17-18H,4,7-10,12H2,1-3H3. The summed E-state index contributed by atoms with van der Waals surface area (Å²) in [5, 5.41) is 12.0. The average molecular weight is 281 g/mol. The molecule has 1 aromatic rings. The molecule has 0 amide bonds. The Balaban J connectivity index is 2.51. The first kappa shape index (κ1) is 16.8. The molecular formula is C16H27NO3. The first-order valence-electron chi connectivity index (χ1n) is 7.28. The second kappa shape index (κ2) is 9.61. The Labute approximate surface area is 122 Å². The minimum atomic E-state index is 0.221. The lowest BCUT2D eigenvalue weighted by atomic mass is 10.1. The molecule has 4 nitrogen and oxygen atoms in total. The monoisotopic (exact) mass is 281 g/mol. The molecule has 1 rings (SSSR count). The van der Waals surface area contributed by atoms with E-state index < -0.39 is 0 Å². The van der Waals surface area contributed by atoms with Crippen LogP contribution in [0, 0.1) is 5.92 Å². The van der Waals surface area contributed by atoms with Crippen LogP contribution in [0.1, 0.15) is 32.3 Å². The van der Waals surface area contributed by atoms with Crippen LogP contribution in [0.5, 0.6) is 11.5 Å². The lowest BCUT2D eigenvalue weighted by Crippen LogP contribution is -2.15. The summed E-state index contributed by atoms with van der Waals surface area (Å²) in [4.78, 5) is 0. The zero-order valence-corrected chi connectivity index (χ0v) is 12.8. The molecule has 1 aromatic carbocycles. The largest absolute Gasteiger partial charge is 0.493 e. The average Bonchev–Trinajstić information content (AvgIpc) is 2.44. The Hall–Kier alpha value is -1.26. The summed E-state index contributed by atoms with van der Waals surface area (Å²) in [5.74, 6) is 2.21. The van der Waals surface area contributed by atoms with Crippen LogP contribution in [0.4, 0.5) is 0 Å². The maximum absolute atomic E-state index is 8.73. The fourth-order valence-corrected chi connectivity index (χ4v) is 1.78. The minimum absolute atomic E-state index is 0.221. The van der Waals surface area contributed by atoms with Crippen LogP contribution in [0.2, 0.25) is 0 Å². The van der Waals surface area contributed by atoms with Crippen LogP contribution in [-0.2, 0) is 6.54 Å². The number of nitrogens with one attached hydrogen (secondary N) is 1. The van der Waals surface area contributed by atoms with Crippen molar-refractivity contribution in [2.24, 2.45) is 5.92 Å². The fraction of sp³-hybridized carbons (Fsp3) is 0.625. The van der Waals surface area contributed by atoms with Gasteiger partial charge in [0.15, 0.2) is 11.5 Å². The summed E-state index contributed by atoms with van der Waals surface area (Å²) in [5.41, 5.74) is 1.15. The summed E-state index contributed by atoms with van der Waals surface area (Å²) in [7, 11) is 1.66. The van der Waals surface area contributed by atoms with Gasteiger partial charge < -0.3 is 19.9 Å². The maximum atomic E-state index is 8.73. The van der Waals surface area contributed by atoms with E-state index in [-0.39, 0.29) is 6.61 Å². The van der Waals surface area contributed by atoms with E-state index in [0.717, 1.165) is 43.0 Å². The van der Waals surface area contributed by atoms with Crippen LogP contribution >= 0.6 is 0 Å². The van der Waals surface area contributed by atoms with Crippen LogP contribution in [0.25, 0.3) is 0 Å². The van der Waals surface area contributed by atoms with Crippen LogP contribution in [0.3, 0.4) is 0 Å². The first-order valence-corrected chi connectivity index (χ1v) is 7.28. The van der Waals surface area contributed by atoms with Gasteiger partial charge >= 0.3 is 0 Å². The Morgan fingerprint density at radius 2 is 2.05 bits per heavy atom. The molecule has 0 aliphatic carbocycles. The van der Waals surface area contributed by atoms with Gasteiger partial charge in [0.2, 0.25) is 0 Å². The smallest absolute Gasteiger partial charge is 0.161 e. The molecule has 0 unspecified atom stereocenters. The van der Waals surface area contributed by atoms with E-state index in [0.29, 0.717) is 12.5 Å². The molecular weight excluding hydrogens is 254 g/mol. The number of methoxy groups -OCH3 is 1. The number of hydrogen-bond donors (Lipinski definition) is 2. The van der Waals surface area contributed by atoms with Crippen molar-refractivity contribution >= 4 is 0 Å². The van der Waals surface area contributed by atoms with Gasteiger partial charge in [0.1, 0.15) is 0 Å². The summed E-state index contributed by atoms with van der Waals surface area (Å²) < 4.78 is 11.1. The van der Waals surface area contributed by atoms with Crippen molar-refractivity contribution in [3.05, 3.63) is 23.8 Å². The molecule has 0 aromatic heterocycles. The highest BCUT2D eigenvalue weighted by Gasteiger charge is 2.06. The number of benzene rings is 1. The molecule has 2 N–H and O–H groups in total. The van der Waals surface area contributed by atoms with Crippen molar-refractivity contribution in [2.75, 3.05) is 26.9 Å². The number of ether oxygens (including phenoxy) is 2. The van der Waals surface area contributed by atoms with Gasteiger partial charge in [-0.25, -0.2) is 0 Å². The Bertz CT molecular complexity index is 380. The molecule has 0 heterocycles. The van der Waals surface area contributed by atoms with Gasteiger partial charge in [-0.05, 0) is 43.0 Å². The zero-order chi connectivity index (χ0) is 14.8. The van der Waals surface area contributed by atoms with Gasteiger partial charge in [0.05, 0.1) is 13.7 Å². The zero-order valence-electron chi connectivity index (χ0n) is 12.8. The summed E-state index contributed by atoms with van der Waals surface area (Å²) in [6.45, 7) is 6.87. The third-order valence-electron chi connectivity index (χ3n) is 3.02. The predicted octanol–water partition coefficient (Wildman–Crippen LogP) is 2.59. The van der Waals surface area contributed by atoms with E-state index in [9.17, 15) is 0 Å². The van der Waals surface area contributed by atoms with E-state index in [1.165, 1.54) is 0 Å². The molecule has 0 radical (unpaired) electrons. The quantitative estimate of drug-likeness (QED) is 0.647. The number of aliphatic hydroxyl groups is 1. The molecule has 0 aliphatic rings. The van der Waals surface area contributed by atoms with Crippen molar-refractivity contribution in [3.8, 4) is 11.5 Å². The van der Waals surface area contributed by atoms with Gasteiger partial charge in [0, 0.05) is 13.2 Å². The van der Waals surface area contributed by atoms with Crippen molar-refractivity contribution in [1.29, 1.82) is 0 Å². The summed E-state index contributed by atoms with van der Waals surface area (Å²) >= 11 is 0. The van der Waals surface area contributed by atoms with Crippen molar-refractivity contribution in [3.63, 3.8) is 0 Å². The number of aliphatic hydroxyl groups excluding tert-OH is 1. The molecule has 0 atom stereocenters. The first-order chi connectivity index (χ1) is 9.67. The highest BCUT2D eigenvalue weighted by atomic mass is 16.5. The SMILES string of the molecule is COc1cc(CNCCCO)ccc1OCCC(C)C. The highest BCUT2D eigenvalue weighted by Crippen LogP contribution is 2.28. The van der Waals surface area contributed by atoms with Crippen LogP contribution in [0.15, 0.2) is 18.2 Å². The second-order valence-electron chi connectivity index (χ2n) is 5.27. The normalized spacial score (nSPS) is 10.8. The van der Waals surface area contributed by atoms with E-state index in [1.54, 1.807) is 7.11 Å². The van der Waals surface area contributed by atoms with E-state index in [1.807, 2.05) is 18.2 Å². The topological polar surface area (TPSA) is 50.7 Å². The van der Waals surface area contributed by atoms with Crippen molar-refractivity contribution in [1.82, 2.24) is 5.32 Å². The lowest BCUT2D eigenvalue weighted by molar-refractivity contribution is 0.272.